The molecule has 92 valence electrons. The van der Waals surface area contributed by atoms with E-state index in [1.54, 1.807) is 16.8 Å². The molecule has 0 amide bonds. The van der Waals surface area contributed by atoms with Gasteiger partial charge < -0.3 is 10.4 Å². The van der Waals surface area contributed by atoms with Crippen molar-refractivity contribution in [2.75, 3.05) is 5.32 Å². The summed E-state index contributed by atoms with van der Waals surface area (Å²) < 4.78 is 1.80. The second-order valence-electron chi connectivity index (χ2n) is 3.82. The molecular formula is C12H16ClN3O. The molecule has 0 atom stereocenters. The van der Waals surface area contributed by atoms with Crippen molar-refractivity contribution in [1.82, 2.24) is 9.78 Å². The maximum Gasteiger partial charge on any atom is 0.127 e. The van der Waals surface area contributed by atoms with E-state index in [1.807, 2.05) is 32.3 Å². The van der Waals surface area contributed by atoms with Crippen LogP contribution in [0.1, 0.15) is 11.1 Å². The lowest BCUT2D eigenvalue weighted by Gasteiger charge is -2.08. The first-order valence-electron chi connectivity index (χ1n) is 5.17. The molecule has 0 radical (unpaired) electrons. The minimum absolute atomic E-state index is 0. The summed E-state index contributed by atoms with van der Waals surface area (Å²) in [6.45, 7) is 2.69. The SMILES string of the molecule is Cc1cnn(C)c1NCc1cccc(O)c1.Cl. The highest BCUT2D eigenvalue weighted by Crippen LogP contribution is 2.15. The van der Waals surface area contributed by atoms with Gasteiger partial charge in [0.15, 0.2) is 0 Å². The number of nitrogens with zero attached hydrogens (tertiary/aromatic N) is 2. The lowest BCUT2D eigenvalue weighted by atomic mass is 10.2. The van der Waals surface area contributed by atoms with Crippen LogP contribution in [0.25, 0.3) is 0 Å². The number of rotatable bonds is 3. The lowest BCUT2D eigenvalue weighted by molar-refractivity contribution is 0.474. The van der Waals surface area contributed by atoms with Crippen LogP contribution in [0.5, 0.6) is 5.75 Å². The molecule has 2 aromatic rings. The van der Waals surface area contributed by atoms with Crippen LogP contribution in [0.2, 0.25) is 0 Å². The molecule has 1 aromatic heterocycles. The van der Waals surface area contributed by atoms with Gasteiger partial charge in [0.1, 0.15) is 11.6 Å². The number of benzene rings is 1. The van der Waals surface area contributed by atoms with Crippen LogP contribution in [-0.4, -0.2) is 14.9 Å². The highest BCUT2D eigenvalue weighted by molar-refractivity contribution is 5.85. The van der Waals surface area contributed by atoms with Crippen LogP contribution < -0.4 is 5.32 Å². The molecule has 0 aliphatic carbocycles. The zero-order valence-corrected chi connectivity index (χ0v) is 10.7. The van der Waals surface area contributed by atoms with Gasteiger partial charge in [0.05, 0.1) is 6.20 Å². The van der Waals surface area contributed by atoms with Gasteiger partial charge in [-0.1, -0.05) is 12.1 Å². The maximum atomic E-state index is 9.33. The Hall–Kier alpha value is -1.68. The molecule has 0 aliphatic heterocycles. The molecular weight excluding hydrogens is 238 g/mol. The molecule has 1 aromatic carbocycles. The van der Waals surface area contributed by atoms with Crippen molar-refractivity contribution in [2.24, 2.45) is 7.05 Å². The first-order valence-corrected chi connectivity index (χ1v) is 5.17. The monoisotopic (exact) mass is 253 g/mol. The van der Waals surface area contributed by atoms with E-state index in [2.05, 4.69) is 10.4 Å². The summed E-state index contributed by atoms with van der Waals surface area (Å²) >= 11 is 0. The van der Waals surface area contributed by atoms with Gasteiger partial charge in [-0.2, -0.15) is 5.10 Å². The van der Waals surface area contributed by atoms with Gasteiger partial charge in [-0.25, -0.2) is 0 Å². The molecule has 1 heterocycles. The Labute approximate surface area is 107 Å². The van der Waals surface area contributed by atoms with Crippen molar-refractivity contribution in [2.45, 2.75) is 13.5 Å². The van der Waals surface area contributed by atoms with Gasteiger partial charge in [0.2, 0.25) is 0 Å². The number of hydrogen-bond donors (Lipinski definition) is 2. The third kappa shape index (κ3) is 3.14. The average Bonchev–Trinajstić information content (AvgIpc) is 2.56. The largest absolute Gasteiger partial charge is 0.508 e. The molecule has 0 saturated heterocycles. The number of anilines is 1. The molecule has 0 spiro atoms. The molecule has 17 heavy (non-hydrogen) atoms. The average molecular weight is 254 g/mol. The predicted octanol–water partition coefficient (Wildman–Crippen LogP) is 2.47. The molecule has 4 nitrogen and oxygen atoms in total. The van der Waals surface area contributed by atoms with E-state index in [-0.39, 0.29) is 12.4 Å². The van der Waals surface area contributed by atoms with Crippen LogP contribution in [0.4, 0.5) is 5.82 Å². The summed E-state index contributed by atoms with van der Waals surface area (Å²) in [5, 5.41) is 16.8. The van der Waals surface area contributed by atoms with E-state index < -0.39 is 0 Å². The van der Waals surface area contributed by atoms with Crippen LogP contribution in [0, 0.1) is 6.92 Å². The summed E-state index contributed by atoms with van der Waals surface area (Å²) in [4.78, 5) is 0. The van der Waals surface area contributed by atoms with E-state index >= 15 is 0 Å². The number of hydrogen-bond acceptors (Lipinski definition) is 3. The smallest absolute Gasteiger partial charge is 0.127 e. The van der Waals surface area contributed by atoms with E-state index in [0.29, 0.717) is 12.3 Å². The van der Waals surface area contributed by atoms with Gasteiger partial charge in [-0.3, -0.25) is 4.68 Å². The molecule has 0 unspecified atom stereocenters. The van der Waals surface area contributed by atoms with Gasteiger partial charge in [-0.05, 0) is 24.6 Å². The first kappa shape index (κ1) is 13.4. The van der Waals surface area contributed by atoms with Crippen molar-refractivity contribution in [3.05, 3.63) is 41.6 Å². The third-order valence-electron chi connectivity index (χ3n) is 2.49. The van der Waals surface area contributed by atoms with Crippen molar-refractivity contribution in [1.29, 1.82) is 0 Å². The Morgan fingerprint density at radius 1 is 1.41 bits per heavy atom. The Balaban J connectivity index is 0.00000144. The van der Waals surface area contributed by atoms with Crippen LogP contribution in [-0.2, 0) is 13.6 Å². The minimum atomic E-state index is 0. The zero-order chi connectivity index (χ0) is 11.5. The van der Waals surface area contributed by atoms with E-state index in [0.717, 1.165) is 16.9 Å². The fourth-order valence-electron chi connectivity index (χ4n) is 1.65. The van der Waals surface area contributed by atoms with E-state index in [1.165, 1.54) is 0 Å². The lowest BCUT2D eigenvalue weighted by Crippen LogP contribution is -2.05. The number of phenols is 1. The first-order chi connectivity index (χ1) is 7.66. The normalized spacial score (nSPS) is 9.76. The summed E-state index contributed by atoms with van der Waals surface area (Å²) in [5.41, 5.74) is 2.16. The number of aromatic nitrogens is 2. The van der Waals surface area contributed by atoms with Gasteiger partial charge in [0, 0.05) is 19.2 Å². The van der Waals surface area contributed by atoms with E-state index in [4.69, 9.17) is 0 Å². The number of aromatic hydroxyl groups is 1. The molecule has 0 fully saturated rings. The maximum absolute atomic E-state index is 9.33. The van der Waals surface area contributed by atoms with Crippen molar-refractivity contribution in [3.63, 3.8) is 0 Å². The van der Waals surface area contributed by atoms with Crippen molar-refractivity contribution >= 4 is 18.2 Å². The Bertz CT molecular complexity index is 477. The molecule has 0 aliphatic rings. The second kappa shape index (κ2) is 5.59. The van der Waals surface area contributed by atoms with E-state index in [9.17, 15) is 5.11 Å². The second-order valence-corrected chi connectivity index (χ2v) is 3.82. The fourth-order valence-corrected chi connectivity index (χ4v) is 1.65. The highest BCUT2D eigenvalue weighted by Gasteiger charge is 2.03. The topological polar surface area (TPSA) is 50.1 Å². The number of aryl methyl sites for hydroxylation is 2. The number of phenolic OH excluding ortho intramolecular Hbond substituents is 1. The van der Waals surface area contributed by atoms with Crippen LogP contribution >= 0.6 is 12.4 Å². The van der Waals surface area contributed by atoms with Gasteiger partial charge in [0.25, 0.3) is 0 Å². The zero-order valence-electron chi connectivity index (χ0n) is 9.84. The summed E-state index contributed by atoms with van der Waals surface area (Å²) in [5.74, 6) is 1.30. The quantitative estimate of drug-likeness (QED) is 0.884. The Morgan fingerprint density at radius 2 is 2.18 bits per heavy atom. The molecule has 2 rings (SSSR count). The third-order valence-corrected chi connectivity index (χ3v) is 2.49. The Morgan fingerprint density at radius 3 is 2.76 bits per heavy atom. The summed E-state index contributed by atoms with van der Waals surface area (Å²) in [7, 11) is 1.90. The predicted molar refractivity (Wildman–Crippen MR) is 70.6 cm³/mol. The van der Waals surface area contributed by atoms with Crippen molar-refractivity contribution in [3.8, 4) is 5.75 Å². The van der Waals surface area contributed by atoms with Crippen LogP contribution in [0.3, 0.4) is 0 Å². The molecule has 5 heteroatoms. The standard InChI is InChI=1S/C12H15N3O.ClH/c1-9-7-14-15(2)12(9)13-8-10-4-3-5-11(16)6-10;/h3-7,13,16H,8H2,1-2H3;1H. The summed E-state index contributed by atoms with van der Waals surface area (Å²) in [6, 6.07) is 7.22. The minimum Gasteiger partial charge on any atom is -0.508 e. The molecule has 0 bridgehead atoms. The number of nitrogens with one attached hydrogen (secondary N) is 1. The highest BCUT2D eigenvalue weighted by atomic mass is 35.5. The molecule has 0 saturated carbocycles. The fraction of sp³-hybridized carbons (Fsp3) is 0.250. The van der Waals surface area contributed by atoms with Crippen LogP contribution in [0.15, 0.2) is 30.5 Å². The Kier molecular flexibility index (Phi) is 4.40. The summed E-state index contributed by atoms with van der Waals surface area (Å²) in [6.07, 6.45) is 1.82. The molecule has 2 N–H and O–H groups in total. The number of halogens is 1. The van der Waals surface area contributed by atoms with Crippen molar-refractivity contribution < 1.29 is 5.11 Å². The van der Waals surface area contributed by atoms with Gasteiger partial charge >= 0.3 is 0 Å². The van der Waals surface area contributed by atoms with Gasteiger partial charge in [-0.15, -0.1) is 12.4 Å².